The Kier molecular flexibility index (Phi) is 4.45. The van der Waals surface area contributed by atoms with Crippen LogP contribution in [0.5, 0.6) is 0 Å². The number of hydrogen-bond acceptors (Lipinski definition) is 5. The predicted octanol–water partition coefficient (Wildman–Crippen LogP) is 0.521. The third kappa shape index (κ3) is 3.74. The molecule has 2 rings (SSSR count). The maximum atomic E-state index is 11.9. The number of nitrogens with zero attached hydrogens (tertiary/aromatic N) is 2. The molecule has 0 aliphatic rings. The van der Waals surface area contributed by atoms with E-state index in [-0.39, 0.29) is 17.4 Å². The zero-order valence-electron chi connectivity index (χ0n) is 10.9. The van der Waals surface area contributed by atoms with Crippen LogP contribution in [0, 0.1) is 0 Å². The van der Waals surface area contributed by atoms with Gasteiger partial charge in [0.05, 0.1) is 4.90 Å². The van der Waals surface area contributed by atoms with Crippen LogP contribution in [0.3, 0.4) is 0 Å². The first-order chi connectivity index (χ1) is 10.0. The first kappa shape index (κ1) is 14.9. The van der Waals surface area contributed by atoms with E-state index in [1.54, 1.807) is 0 Å². The highest BCUT2D eigenvalue weighted by atomic mass is 32.2. The second kappa shape index (κ2) is 6.29. The van der Waals surface area contributed by atoms with E-state index >= 15 is 0 Å². The summed E-state index contributed by atoms with van der Waals surface area (Å²) in [5.41, 5.74) is 0.300. The van der Waals surface area contributed by atoms with E-state index in [0.717, 1.165) is 0 Å². The molecule has 21 heavy (non-hydrogen) atoms. The van der Waals surface area contributed by atoms with Crippen molar-refractivity contribution < 1.29 is 13.2 Å². The second-order valence-electron chi connectivity index (χ2n) is 3.95. The highest BCUT2D eigenvalue weighted by Crippen LogP contribution is 2.11. The number of nitrogens with one attached hydrogen (secondary N) is 3. The molecule has 0 aliphatic carbocycles. The Morgan fingerprint density at radius 1 is 1.33 bits per heavy atom. The number of H-pyrrole nitrogens is 1. The third-order valence-corrected chi connectivity index (χ3v) is 3.93. The van der Waals surface area contributed by atoms with E-state index in [1.165, 1.54) is 36.7 Å². The van der Waals surface area contributed by atoms with Gasteiger partial charge in [0.2, 0.25) is 16.0 Å². The summed E-state index contributed by atoms with van der Waals surface area (Å²) in [4.78, 5) is 15.7. The molecule has 1 heterocycles. The number of carbonyl (C=O) groups excluding carboxylic acids is 1. The van der Waals surface area contributed by atoms with Crippen LogP contribution in [0.15, 0.2) is 48.1 Å². The van der Waals surface area contributed by atoms with Gasteiger partial charge in [-0.15, -0.1) is 6.58 Å². The fraction of sp³-hybridized carbons (Fsp3) is 0.0833. The molecular weight excluding hydrogens is 294 g/mol. The normalized spacial score (nSPS) is 11.0. The number of benzene rings is 1. The Morgan fingerprint density at radius 2 is 2.05 bits per heavy atom. The highest BCUT2D eigenvalue weighted by molar-refractivity contribution is 7.89. The van der Waals surface area contributed by atoms with E-state index in [1.807, 2.05) is 0 Å². The van der Waals surface area contributed by atoms with Gasteiger partial charge in [-0.25, -0.2) is 18.2 Å². The molecule has 0 bridgehead atoms. The summed E-state index contributed by atoms with van der Waals surface area (Å²) in [6.07, 6.45) is 2.70. The van der Waals surface area contributed by atoms with Crippen molar-refractivity contribution in [1.29, 1.82) is 0 Å². The average molecular weight is 307 g/mol. The van der Waals surface area contributed by atoms with Crippen molar-refractivity contribution in [3.8, 4) is 0 Å². The van der Waals surface area contributed by atoms with Crippen LogP contribution in [0.25, 0.3) is 0 Å². The van der Waals surface area contributed by atoms with Crippen molar-refractivity contribution in [3.05, 3.63) is 48.8 Å². The molecule has 110 valence electrons. The van der Waals surface area contributed by atoms with Gasteiger partial charge >= 0.3 is 0 Å². The Bertz CT molecular complexity index is 723. The summed E-state index contributed by atoms with van der Waals surface area (Å²) < 4.78 is 26.0. The first-order valence-electron chi connectivity index (χ1n) is 5.90. The van der Waals surface area contributed by atoms with Crippen LogP contribution < -0.4 is 10.0 Å². The predicted molar refractivity (Wildman–Crippen MR) is 76.2 cm³/mol. The summed E-state index contributed by atoms with van der Waals surface area (Å²) in [6, 6.07) is 5.52. The molecule has 0 saturated heterocycles. The van der Waals surface area contributed by atoms with E-state index < -0.39 is 15.9 Å². The molecule has 8 nitrogen and oxygen atoms in total. The van der Waals surface area contributed by atoms with E-state index in [2.05, 4.69) is 31.8 Å². The van der Waals surface area contributed by atoms with Gasteiger partial charge in [-0.3, -0.25) is 10.1 Å². The SMILES string of the molecule is C=CCNS(=O)(=O)c1ccc(C(=O)Nc2ncn[nH]2)cc1. The van der Waals surface area contributed by atoms with Gasteiger partial charge in [0.1, 0.15) is 6.33 Å². The van der Waals surface area contributed by atoms with E-state index in [0.29, 0.717) is 5.56 Å². The van der Waals surface area contributed by atoms with Gasteiger partial charge in [-0.2, -0.15) is 10.1 Å². The standard InChI is InChI=1S/C12H13N5O3S/c1-2-7-15-21(19,20)10-5-3-9(4-6-10)11(18)16-12-13-8-14-17-12/h2-6,8,15H,1,7H2,(H2,13,14,16,17,18). The smallest absolute Gasteiger partial charge is 0.258 e. The largest absolute Gasteiger partial charge is 0.291 e. The van der Waals surface area contributed by atoms with Crippen molar-refractivity contribution in [2.75, 3.05) is 11.9 Å². The summed E-state index contributed by atoms with van der Waals surface area (Å²) >= 11 is 0. The third-order valence-electron chi connectivity index (χ3n) is 2.49. The monoisotopic (exact) mass is 307 g/mol. The molecule has 9 heteroatoms. The van der Waals surface area contributed by atoms with Gasteiger partial charge in [0.25, 0.3) is 5.91 Å². The Morgan fingerprint density at radius 3 is 2.62 bits per heavy atom. The molecule has 0 atom stereocenters. The molecule has 3 N–H and O–H groups in total. The van der Waals surface area contributed by atoms with Crippen LogP contribution in [0.2, 0.25) is 0 Å². The lowest BCUT2D eigenvalue weighted by Crippen LogP contribution is -2.23. The molecule has 0 radical (unpaired) electrons. The van der Waals surface area contributed by atoms with Crippen molar-refractivity contribution >= 4 is 21.9 Å². The lowest BCUT2D eigenvalue weighted by Gasteiger charge is -2.06. The fourth-order valence-electron chi connectivity index (χ4n) is 1.48. The topological polar surface area (TPSA) is 117 Å². The van der Waals surface area contributed by atoms with Crippen LogP contribution in [0.1, 0.15) is 10.4 Å². The molecule has 0 saturated carbocycles. The van der Waals surface area contributed by atoms with Gasteiger partial charge < -0.3 is 0 Å². The molecule has 0 fully saturated rings. The lowest BCUT2D eigenvalue weighted by molar-refractivity contribution is 0.102. The van der Waals surface area contributed by atoms with Crippen molar-refractivity contribution in [1.82, 2.24) is 19.9 Å². The number of sulfonamides is 1. The molecule has 1 amide bonds. The molecule has 1 aromatic carbocycles. The zero-order valence-corrected chi connectivity index (χ0v) is 11.7. The summed E-state index contributed by atoms with van der Waals surface area (Å²) in [5.74, 6) is -0.209. The van der Waals surface area contributed by atoms with Crippen LogP contribution in [-0.4, -0.2) is 36.1 Å². The average Bonchev–Trinajstić information content (AvgIpc) is 2.98. The molecule has 2 aromatic rings. The van der Waals surface area contributed by atoms with Crippen LogP contribution >= 0.6 is 0 Å². The van der Waals surface area contributed by atoms with Gasteiger partial charge in [-0.1, -0.05) is 6.08 Å². The van der Waals surface area contributed by atoms with Gasteiger partial charge in [0.15, 0.2) is 0 Å². The summed E-state index contributed by atoms with van der Waals surface area (Å²) in [5, 5.41) is 8.57. The number of anilines is 1. The van der Waals surface area contributed by atoms with Crippen molar-refractivity contribution in [2.45, 2.75) is 4.90 Å². The minimum atomic E-state index is -3.60. The fourth-order valence-corrected chi connectivity index (χ4v) is 2.48. The maximum absolute atomic E-state index is 11.9. The lowest BCUT2D eigenvalue weighted by atomic mass is 10.2. The number of aromatic nitrogens is 3. The Balaban J connectivity index is 2.11. The molecule has 0 spiro atoms. The number of amides is 1. The number of aromatic amines is 1. The molecule has 0 unspecified atom stereocenters. The van der Waals surface area contributed by atoms with E-state index in [4.69, 9.17) is 0 Å². The number of rotatable bonds is 6. The van der Waals surface area contributed by atoms with Crippen LogP contribution in [0.4, 0.5) is 5.95 Å². The quantitative estimate of drug-likeness (QED) is 0.673. The number of hydrogen-bond donors (Lipinski definition) is 3. The Labute approximate surface area is 121 Å². The van der Waals surface area contributed by atoms with Crippen LogP contribution in [-0.2, 0) is 10.0 Å². The minimum Gasteiger partial charge on any atom is -0.291 e. The first-order valence-corrected chi connectivity index (χ1v) is 7.38. The van der Waals surface area contributed by atoms with Crippen molar-refractivity contribution in [2.24, 2.45) is 0 Å². The number of carbonyl (C=O) groups is 1. The molecule has 0 aliphatic heterocycles. The minimum absolute atomic E-state index is 0.0700. The van der Waals surface area contributed by atoms with Crippen molar-refractivity contribution in [3.63, 3.8) is 0 Å². The van der Waals surface area contributed by atoms with Gasteiger partial charge in [-0.05, 0) is 24.3 Å². The highest BCUT2D eigenvalue weighted by Gasteiger charge is 2.14. The zero-order chi connectivity index (χ0) is 15.3. The summed E-state index contributed by atoms with van der Waals surface area (Å²) in [6.45, 7) is 3.57. The second-order valence-corrected chi connectivity index (χ2v) is 5.72. The maximum Gasteiger partial charge on any atom is 0.258 e. The van der Waals surface area contributed by atoms with E-state index in [9.17, 15) is 13.2 Å². The van der Waals surface area contributed by atoms with Gasteiger partial charge in [0, 0.05) is 12.1 Å². The summed E-state index contributed by atoms with van der Waals surface area (Å²) in [7, 11) is -3.60. The molecular formula is C12H13N5O3S. The Hall–Kier alpha value is -2.52. The molecule has 1 aromatic heterocycles.